The maximum Gasteiger partial charge on any atom is 0.262 e. The number of anilines is 2. The van der Waals surface area contributed by atoms with Crippen LogP contribution >= 0.6 is 0 Å². The van der Waals surface area contributed by atoms with Crippen molar-refractivity contribution < 1.29 is 14.3 Å². The van der Waals surface area contributed by atoms with Gasteiger partial charge in [-0.3, -0.25) is 9.59 Å². The van der Waals surface area contributed by atoms with E-state index in [0.717, 1.165) is 16.8 Å². The van der Waals surface area contributed by atoms with Gasteiger partial charge in [0.1, 0.15) is 5.75 Å². The minimum Gasteiger partial charge on any atom is -0.484 e. The zero-order valence-electron chi connectivity index (χ0n) is 15.9. The van der Waals surface area contributed by atoms with Crippen LogP contribution in [0.4, 0.5) is 11.4 Å². The first-order chi connectivity index (χ1) is 13.5. The van der Waals surface area contributed by atoms with E-state index in [-0.39, 0.29) is 18.4 Å². The molecular formula is C23H22N2O3. The molecule has 0 aliphatic carbocycles. The fraction of sp³-hybridized carbons (Fsp3) is 0.130. The Bertz CT molecular complexity index is 964. The lowest BCUT2D eigenvalue weighted by atomic mass is 10.1. The molecule has 28 heavy (non-hydrogen) atoms. The number of carbonyl (C=O) groups excluding carboxylic acids is 2. The van der Waals surface area contributed by atoms with Gasteiger partial charge < -0.3 is 15.4 Å². The summed E-state index contributed by atoms with van der Waals surface area (Å²) in [4.78, 5) is 24.4. The highest BCUT2D eigenvalue weighted by atomic mass is 16.5. The number of aryl methyl sites for hydroxylation is 2. The normalized spacial score (nSPS) is 10.2. The maximum absolute atomic E-state index is 12.2. The third kappa shape index (κ3) is 5.45. The molecule has 3 rings (SSSR count). The van der Waals surface area contributed by atoms with Gasteiger partial charge in [0, 0.05) is 23.0 Å². The maximum atomic E-state index is 12.2. The van der Waals surface area contributed by atoms with E-state index in [0.29, 0.717) is 17.0 Å². The lowest BCUT2D eigenvalue weighted by Crippen LogP contribution is -2.20. The van der Waals surface area contributed by atoms with Gasteiger partial charge >= 0.3 is 0 Å². The van der Waals surface area contributed by atoms with Crippen molar-refractivity contribution in [3.8, 4) is 5.75 Å². The van der Waals surface area contributed by atoms with Gasteiger partial charge in [0.05, 0.1) is 0 Å². The van der Waals surface area contributed by atoms with Gasteiger partial charge in [0.15, 0.2) is 6.61 Å². The first-order valence-electron chi connectivity index (χ1n) is 8.97. The predicted molar refractivity (Wildman–Crippen MR) is 111 cm³/mol. The number of benzene rings is 3. The average Bonchev–Trinajstić information content (AvgIpc) is 2.66. The van der Waals surface area contributed by atoms with Crippen molar-refractivity contribution in [2.45, 2.75) is 13.8 Å². The van der Waals surface area contributed by atoms with Gasteiger partial charge in [-0.1, -0.05) is 30.3 Å². The zero-order valence-corrected chi connectivity index (χ0v) is 15.9. The summed E-state index contributed by atoms with van der Waals surface area (Å²) in [7, 11) is 0. The minimum absolute atomic E-state index is 0.122. The van der Waals surface area contributed by atoms with Crippen molar-refractivity contribution in [3.05, 3.63) is 89.5 Å². The van der Waals surface area contributed by atoms with Crippen molar-refractivity contribution in [1.82, 2.24) is 0 Å². The molecule has 3 aromatic rings. The van der Waals surface area contributed by atoms with Crippen molar-refractivity contribution in [3.63, 3.8) is 0 Å². The van der Waals surface area contributed by atoms with E-state index in [9.17, 15) is 9.59 Å². The number of carbonyl (C=O) groups is 2. The first-order valence-corrected chi connectivity index (χ1v) is 8.97. The van der Waals surface area contributed by atoms with Gasteiger partial charge in [-0.15, -0.1) is 0 Å². The van der Waals surface area contributed by atoms with Crippen molar-refractivity contribution in [1.29, 1.82) is 0 Å². The lowest BCUT2D eigenvalue weighted by Gasteiger charge is -2.10. The number of hydrogen-bond donors (Lipinski definition) is 2. The average molecular weight is 374 g/mol. The van der Waals surface area contributed by atoms with Crippen LogP contribution in [0, 0.1) is 13.8 Å². The van der Waals surface area contributed by atoms with Crippen LogP contribution in [0.2, 0.25) is 0 Å². The second-order valence-electron chi connectivity index (χ2n) is 6.56. The summed E-state index contributed by atoms with van der Waals surface area (Å²) in [6.45, 7) is 3.84. The summed E-state index contributed by atoms with van der Waals surface area (Å²) < 4.78 is 5.57. The molecule has 0 spiro atoms. The molecule has 2 amide bonds. The first kappa shape index (κ1) is 19.2. The number of rotatable bonds is 6. The van der Waals surface area contributed by atoms with Crippen molar-refractivity contribution in [2.24, 2.45) is 0 Å². The summed E-state index contributed by atoms with van der Waals surface area (Å²) in [6.07, 6.45) is 0. The van der Waals surface area contributed by atoms with Gasteiger partial charge in [-0.2, -0.15) is 0 Å². The molecule has 0 unspecified atom stereocenters. The van der Waals surface area contributed by atoms with Crippen LogP contribution in [-0.4, -0.2) is 18.4 Å². The number of hydrogen-bond acceptors (Lipinski definition) is 3. The molecule has 0 aliphatic rings. The highest BCUT2D eigenvalue weighted by Gasteiger charge is 2.08. The van der Waals surface area contributed by atoms with Gasteiger partial charge in [-0.25, -0.2) is 0 Å². The Morgan fingerprint density at radius 2 is 1.50 bits per heavy atom. The Hall–Kier alpha value is -3.60. The van der Waals surface area contributed by atoms with Gasteiger partial charge in [-0.05, 0) is 61.4 Å². The van der Waals surface area contributed by atoms with E-state index in [2.05, 4.69) is 10.6 Å². The molecule has 5 nitrogen and oxygen atoms in total. The molecule has 3 aromatic carbocycles. The van der Waals surface area contributed by atoms with Crippen LogP contribution < -0.4 is 15.4 Å². The summed E-state index contributed by atoms with van der Waals surface area (Å²) in [5, 5.41) is 5.65. The van der Waals surface area contributed by atoms with Gasteiger partial charge in [0.2, 0.25) is 0 Å². The van der Waals surface area contributed by atoms with Crippen LogP contribution in [-0.2, 0) is 4.79 Å². The summed E-state index contributed by atoms with van der Waals surface area (Å²) in [6, 6.07) is 21.8. The van der Waals surface area contributed by atoms with E-state index in [1.54, 1.807) is 36.4 Å². The minimum atomic E-state index is -0.247. The molecule has 142 valence electrons. The number of nitrogens with one attached hydrogen (secondary N) is 2. The lowest BCUT2D eigenvalue weighted by molar-refractivity contribution is -0.118. The number of ether oxygens (including phenoxy) is 1. The van der Waals surface area contributed by atoms with Crippen LogP contribution in [0.15, 0.2) is 72.8 Å². The molecule has 0 bridgehead atoms. The molecule has 0 aliphatic heterocycles. The third-order valence-electron chi connectivity index (χ3n) is 4.00. The van der Waals surface area contributed by atoms with E-state index >= 15 is 0 Å². The fourth-order valence-corrected chi connectivity index (χ4v) is 2.85. The molecule has 0 saturated heterocycles. The Labute approximate surface area is 164 Å². The van der Waals surface area contributed by atoms with E-state index in [1.165, 1.54) is 0 Å². The molecule has 0 radical (unpaired) electrons. The fourth-order valence-electron chi connectivity index (χ4n) is 2.85. The second kappa shape index (κ2) is 8.86. The summed E-state index contributed by atoms with van der Waals surface area (Å²) in [5.41, 5.74) is 4.08. The third-order valence-corrected chi connectivity index (χ3v) is 4.00. The zero-order chi connectivity index (χ0) is 19.9. The van der Waals surface area contributed by atoms with Crippen LogP contribution in [0.1, 0.15) is 21.5 Å². The Kier molecular flexibility index (Phi) is 6.07. The number of amides is 2. The molecule has 0 saturated carbocycles. The van der Waals surface area contributed by atoms with E-state index in [4.69, 9.17) is 4.74 Å². The van der Waals surface area contributed by atoms with Crippen LogP contribution in [0.25, 0.3) is 0 Å². The molecule has 2 N–H and O–H groups in total. The second-order valence-corrected chi connectivity index (χ2v) is 6.56. The Morgan fingerprint density at radius 3 is 2.21 bits per heavy atom. The van der Waals surface area contributed by atoms with Crippen LogP contribution in [0.3, 0.4) is 0 Å². The van der Waals surface area contributed by atoms with Gasteiger partial charge in [0.25, 0.3) is 11.8 Å². The molecule has 0 aromatic heterocycles. The van der Waals surface area contributed by atoms with Crippen molar-refractivity contribution in [2.75, 3.05) is 17.2 Å². The SMILES string of the molecule is Cc1cc(C)cc(NC(=O)COc2cccc(NC(=O)c3ccccc3)c2)c1. The quantitative estimate of drug-likeness (QED) is 0.664. The predicted octanol–water partition coefficient (Wildman–Crippen LogP) is 4.57. The van der Waals surface area contributed by atoms with Crippen LogP contribution in [0.5, 0.6) is 5.75 Å². The van der Waals surface area contributed by atoms with E-state index in [1.807, 2.05) is 50.2 Å². The Balaban J connectivity index is 1.57. The molecule has 0 fully saturated rings. The Morgan fingerprint density at radius 1 is 0.786 bits per heavy atom. The molecule has 0 atom stereocenters. The summed E-state index contributed by atoms with van der Waals surface area (Å²) >= 11 is 0. The van der Waals surface area contributed by atoms with Crippen molar-refractivity contribution >= 4 is 23.2 Å². The monoisotopic (exact) mass is 374 g/mol. The smallest absolute Gasteiger partial charge is 0.262 e. The largest absolute Gasteiger partial charge is 0.484 e. The molecular weight excluding hydrogens is 352 g/mol. The standard InChI is InChI=1S/C23H22N2O3/c1-16-11-17(2)13-20(12-16)24-22(26)15-28-21-10-6-9-19(14-21)25-23(27)18-7-4-3-5-8-18/h3-14H,15H2,1-2H3,(H,24,26)(H,25,27). The highest BCUT2D eigenvalue weighted by molar-refractivity contribution is 6.04. The highest BCUT2D eigenvalue weighted by Crippen LogP contribution is 2.19. The van der Waals surface area contributed by atoms with E-state index < -0.39 is 0 Å². The topological polar surface area (TPSA) is 67.4 Å². The summed E-state index contributed by atoms with van der Waals surface area (Å²) in [5.74, 6) is 0.0514. The molecule has 0 heterocycles. The molecule has 5 heteroatoms.